The van der Waals surface area contributed by atoms with Gasteiger partial charge >= 0.3 is 5.97 Å². The van der Waals surface area contributed by atoms with Gasteiger partial charge in [-0.25, -0.2) is 4.79 Å². The summed E-state index contributed by atoms with van der Waals surface area (Å²) < 4.78 is 0. The van der Waals surface area contributed by atoms with Crippen molar-refractivity contribution >= 4 is 22.6 Å². The van der Waals surface area contributed by atoms with Crippen molar-refractivity contribution in [1.82, 2.24) is 4.98 Å². The third-order valence-electron chi connectivity index (χ3n) is 6.11. The van der Waals surface area contributed by atoms with E-state index in [0.717, 1.165) is 5.56 Å². The highest BCUT2D eigenvalue weighted by Crippen LogP contribution is 2.42. The maximum absolute atomic E-state index is 11.5. The number of aliphatic hydroxyl groups is 1. The SMILES string of the molecule is O=C(O)c1cccc(-c2cccc3[nH]c(O)c(N=NC4=CC=CC(Cc5ccccc5)C4O)c23)c1. The van der Waals surface area contributed by atoms with Crippen LogP contribution in [0.1, 0.15) is 15.9 Å². The fourth-order valence-corrected chi connectivity index (χ4v) is 4.36. The number of aliphatic hydroxyl groups excluding tert-OH is 1. The number of nitrogens with one attached hydrogen (secondary N) is 1. The Balaban J connectivity index is 1.49. The Hall–Kier alpha value is -4.49. The van der Waals surface area contributed by atoms with E-state index < -0.39 is 12.1 Å². The second kappa shape index (κ2) is 9.40. The van der Waals surface area contributed by atoms with E-state index in [9.17, 15) is 20.1 Å². The predicted octanol–water partition coefficient (Wildman–Crippen LogP) is 6.00. The van der Waals surface area contributed by atoms with Crippen LogP contribution in [-0.2, 0) is 6.42 Å². The molecule has 1 aliphatic carbocycles. The van der Waals surface area contributed by atoms with Crippen molar-refractivity contribution in [2.24, 2.45) is 16.1 Å². The zero-order valence-electron chi connectivity index (χ0n) is 18.7. The summed E-state index contributed by atoms with van der Waals surface area (Å²) in [7, 11) is 0. The van der Waals surface area contributed by atoms with Crippen molar-refractivity contribution in [2.45, 2.75) is 12.5 Å². The van der Waals surface area contributed by atoms with Crippen LogP contribution in [0.25, 0.3) is 22.0 Å². The number of hydrogen-bond donors (Lipinski definition) is 4. The molecule has 35 heavy (non-hydrogen) atoms. The van der Waals surface area contributed by atoms with Gasteiger partial charge in [0.25, 0.3) is 0 Å². The highest BCUT2D eigenvalue weighted by molar-refractivity contribution is 6.05. The largest absolute Gasteiger partial charge is 0.493 e. The zero-order chi connectivity index (χ0) is 24.4. The monoisotopic (exact) mass is 465 g/mol. The summed E-state index contributed by atoms with van der Waals surface area (Å²) >= 11 is 0. The molecule has 0 spiro atoms. The average molecular weight is 466 g/mol. The number of benzene rings is 3. The lowest BCUT2D eigenvalue weighted by Gasteiger charge is -2.22. The van der Waals surface area contributed by atoms with Crippen LogP contribution in [0.4, 0.5) is 5.69 Å². The molecular formula is C28H23N3O4. The number of allylic oxidation sites excluding steroid dienone is 2. The van der Waals surface area contributed by atoms with Gasteiger partial charge in [0.15, 0.2) is 5.69 Å². The molecule has 0 radical (unpaired) electrons. The zero-order valence-corrected chi connectivity index (χ0v) is 18.7. The first-order valence-electron chi connectivity index (χ1n) is 11.2. The number of aromatic nitrogens is 1. The molecule has 5 rings (SSSR count). The lowest BCUT2D eigenvalue weighted by atomic mass is 9.89. The maximum Gasteiger partial charge on any atom is 0.335 e. The van der Waals surface area contributed by atoms with Crippen LogP contribution >= 0.6 is 0 Å². The molecule has 7 nitrogen and oxygen atoms in total. The number of carboxylic acid groups (broad SMARTS) is 1. The number of carboxylic acids is 1. The van der Waals surface area contributed by atoms with Gasteiger partial charge < -0.3 is 20.3 Å². The number of carbonyl (C=O) groups is 1. The molecule has 1 aliphatic rings. The summed E-state index contributed by atoms with van der Waals surface area (Å²) in [6, 6.07) is 22.0. The van der Waals surface area contributed by atoms with Crippen LogP contribution in [0.15, 0.2) is 107 Å². The summed E-state index contributed by atoms with van der Waals surface area (Å²) in [6.45, 7) is 0. The van der Waals surface area contributed by atoms with Gasteiger partial charge in [-0.2, -0.15) is 5.11 Å². The number of H-pyrrole nitrogens is 1. The third kappa shape index (κ3) is 4.49. The van der Waals surface area contributed by atoms with Gasteiger partial charge in [-0.05, 0) is 47.4 Å². The van der Waals surface area contributed by atoms with E-state index in [-0.39, 0.29) is 23.0 Å². The molecule has 1 heterocycles. The molecule has 7 heteroatoms. The van der Waals surface area contributed by atoms with E-state index in [0.29, 0.717) is 34.1 Å². The van der Waals surface area contributed by atoms with Crippen molar-refractivity contribution in [3.05, 3.63) is 108 Å². The molecule has 4 N–H and O–H groups in total. The topological polar surface area (TPSA) is 118 Å². The van der Waals surface area contributed by atoms with Crippen LogP contribution in [0.2, 0.25) is 0 Å². The summed E-state index contributed by atoms with van der Waals surface area (Å²) in [4.78, 5) is 14.4. The van der Waals surface area contributed by atoms with E-state index in [1.165, 1.54) is 6.07 Å². The Morgan fingerprint density at radius 3 is 2.57 bits per heavy atom. The van der Waals surface area contributed by atoms with Gasteiger partial charge in [0.1, 0.15) is 6.10 Å². The van der Waals surface area contributed by atoms with E-state index >= 15 is 0 Å². The normalized spacial score (nSPS) is 17.7. The summed E-state index contributed by atoms with van der Waals surface area (Å²) in [5.41, 5.74) is 3.90. The quantitative estimate of drug-likeness (QED) is 0.261. The Morgan fingerprint density at radius 1 is 0.971 bits per heavy atom. The summed E-state index contributed by atoms with van der Waals surface area (Å²) in [5.74, 6) is -1.33. The smallest absolute Gasteiger partial charge is 0.335 e. The van der Waals surface area contributed by atoms with Crippen LogP contribution in [0, 0.1) is 5.92 Å². The van der Waals surface area contributed by atoms with Crippen LogP contribution in [0.5, 0.6) is 5.88 Å². The lowest BCUT2D eigenvalue weighted by molar-refractivity contribution is 0.0697. The molecule has 3 aromatic carbocycles. The number of aromatic hydroxyl groups is 1. The standard InChI is InChI=1S/C28H23N3O4/c32-26-19(15-17-7-2-1-3-8-17)10-5-14-23(26)30-31-25-24-21(12-6-13-22(24)29-27(25)33)18-9-4-11-20(16-18)28(34)35/h1-14,16,19,26,29,32-33H,15H2,(H,34,35). The molecular weight excluding hydrogens is 442 g/mol. The van der Waals surface area contributed by atoms with Gasteiger partial charge in [0.2, 0.25) is 5.88 Å². The van der Waals surface area contributed by atoms with E-state index in [2.05, 4.69) is 15.2 Å². The first kappa shape index (κ1) is 22.3. The molecule has 4 aromatic rings. The van der Waals surface area contributed by atoms with Crippen LogP contribution in [-0.4, -0.2) is 32.4 Å². The first-order valence-corrected chi connectivity index (χ1v) is 11.2. The number of nitrogens with zero attached hydrogens (tertiary/aromatic N) is 2. The minimum Gasteiger partial charge on any atom is -0.493 e. The molecule has 2 atom stereocenters. The van der Waals surface area contributed by atoms with Crippen molar-refractivity contribution in [1.29, 1.82) is 0 Å². The first-order chi connectivity index (χ1) is 17.0. The van der Waals surface area contributed by atoms with Gasteiger partial charge in [-0.3, -0.25) is 0 Å². The number of fused-ring (bicyclic) bond motifs is 1. The molecule has 0 saturated heterocycles. The van der Waals surface area contributed by atoms with Gasteiger partial charge in [-0.15, -0.1) is 5.11 Å². The Bertz CT molecular complexity index is 1480. The van der Waals surface area contributed by atoms with Gasteiger partial charge in [0, 0.05) is 11.3 Å². The molecule has 2 unspecified atom stereocenters. The minimum absolute atomic E-state index is 0.151. The molecule has 0 saturated carbocycles. The number of aromatic amines is 1. The molecule has 174 valence electrons. The summed E-state index contributed by atoms with van der Waals surface area (Å²) in [5, 5.41) is 40.1. The molecule has 0 fully saturated rings. The number of rotatable bonds is 6. The third-order valence-corrected chi connectivity index (χ3v) is 6.11. The molecule has 0 amide bonds. The molecule has 1 aromatic heterocycles. The van der Waals surface area contributed by atoms with E-state index in [4.69, 9.17) is 0 Å². The van der Waals surface area contributed by atoms with Crippen LogP contribution in [0.3, 0.4) is 0 Å². The molecule has 0 bridgehead atoms. The lowest BCUT2D eigenvalue weighted by Crippen LogP contribution is -2.24. The van der Waals surface area contributed by atoms with Crippen LogP contribution < -0.4 is 0 Å². The van der Waals surface area contributed by atoms with Gasteiger partial charge in [-0.1, -0.05) is 66.7 Å². The predicted molar refractivity (Wildman–Crippen MR) is 134 cm³/mol. The fourth-order valence-electron chi connectivity index (χ4n) is 4.36. The Morgan fingerprint density at radius 2 is 1.77 bits per heavy atom. The second-order valence-electron chi connectivity index (χ2n) is 8.41. The summed E-state index contributed by atoms with van der Waals surface area (Å²) in [6.07, 6.45) is 5.33. The van der Waals surface area contributed by atoms with Gasteiger partial charge in [0.05, 0.1) is 16.8 Å². The highest BCUT2D eigenvalue weighted by Gasteiger charge is 2.24. The van der Waals surface area contributed by atoms with Crippen molar-refractivity contribution in [3.8, 4) is 17.0 Å². The van der Waals surface area contributed by atoms with E-state index in [1.807, 2.05) is 54.6 Å². The Labute approximate surface area is 201 Å². The van der Waals surface area contributed by atoms with Crippen molar-refractivity contribution < 1.29 is 20.1 Å². The fraction of sp³-hybridized carbons (Fsp3) is 0.107. The minimum atomic E-state index is -1.02. The average Bonchev–Trinajstić information content (AvgIpc) is 3.20. The molecule has 0 aliphatic heterocycles. The van der Waals surface area contributed by atoms with Crippen molar-refractivity contribution in [3.63, 3.8) is 0 Å². The number of hydrogen-bond acceptors (Lipinski definition) is 5. The Kier molecular flexibility index (Phi) is 5.99. The maximum atomic E-state index is 11.5. The highest BCUT2D eigenvalue weighted by atomic mass is 16.4. The van der Waals surface area contributed by atoms with E-state index in [1.54, 1.807) is 30.3 Å². The van der Waals surface area contributed by atoms with Crippen molar-refractivity contribution in [2.75, 3.05) is 0 Å². The number of aromatic carboxylic acids is 1. The second-order valence-corrected chi connectivity index (χ2v) is 8.41. The number of azo groups is 1.